The van der Waals surface area contributed by atoms with Crippen molar-refractivity contribution in [2.75, 3.05) is 31.6 Å². The molecule has 0 radical (unpaired) electrons. The summed E-state index contributed by atoms with van der Waals surface area (Å²) in [6.07, 6.45) is 1.79. The van der Waals surface area contributed by atoms with Gasteiger partial charge in [0.1, 0.15) is 5.92 Å². The first-order chi connectivity index (χ1) is 12.0. The van der Waals surface area contributed by atoms with Crippen LogP contribution in [-0.2, 0) is 14.3 Å². The van der Waals surface area contributed by atoms with E-state index in [2.05, 4.69) is 16.4 Å². The Bertz CT molecular complexity index is 774. The first-order valence-electron chi connectivity index (χ1n) is 8.72. The SMILES string of the molecule is CCOC(=O)[C@H]1CCC[NH+](CC(=O)Nc2nc3ccc(C)cc3s2)C1. The third-order valence-electron chi connectivity index (χ3n) is 4.44. The third kappa shape index (κ3) is 4.55. The highest BCUT2D eigenvalue weighted by atomic mass is 32.1. The van der Waals surface area contributed by atoms with E-state index < -0.39 is 0 Å². The van der Waals surface area contributed by atoms with Gasteiger partial charge in [-0.05, 0) is 44.4 Å². The number of ether oxygens (including phenoxy) is 1. The molecule has 7 heteroatoms. The predicted octanol–water partition coefficient (Wildman–Crippen LogP) is 1.40. The molecule has 1 aromatic heterocycles. The molecule has 25 heavy (non-hydrogen) atoms. The van der Waals surface area contributed by atoms with Crippen molar-refractivity contribution in [3.8, 4) is 0 Å². The molecule has 0 aliphatic carbocycles. The number of hydrogen-bond acceptors (Lipinski definition) is 5. The maximum absolute atomic E-state index is 12.3. The van der Waals surface area contributed by atoms with Gasteiger partial charge in [0, 0.05) is 0 Å². The largest absolute Gasteiger partial charge is 0.466 e. The van der Waals surface area contributed by atoms with E-state index in [1.165, 1.54) is 16.9 Å². The molecule has 2 aromatic rings. The summed E-state index contributed by atoms with van der Waals surface area (Å²) in [6, 6.07) is 6.06. The number of anilines is 1. The minimum absolute atomic E-state index is 0.0599. The number of quaternary nitrogens is 1. The fourth-order valence-corrected chi connectivity index (χ4v) is 4.23. The number of aryl methyl sites for hydroxylation is 1. The van der Waals surface area contributed by atoms with Crippen molar-refractivity contribution in [3.63, 3.8) is 0 Å². The first-order valence-corrected chi connectivity index (χ1v) is 9.54. The summed E-state index contributed by atoms with van der Waals surface area (Å²) in [5.41, 5.74) is 2.08. The number of piperidine rings is 1. The topological polar surface area (TPSA) is 72.7 Å². The van der Waals surface area contributed by atoms with Crippen LogP contribution in [0.2, 0.25) is 0 Å². The average Bonchev–Trinajstić information content (AvgIpc) is 2.96. The van der Waals surface area contributed by atoms with E-state index >= 15 is 0 Å². The summed E-state index contributed by atoms with van der Waals surface area (Å²) in [5.74, 6) is -0.293. The van der Waals surface area contributed by atoms with Crippen LogP contribution in [0, 0.1) is 12.8 Å². The molecule has 1 saturated heterocycles. The van der Waals surface area contributed by atoms with Crippen LogP contribution in [0.15, 0.2) is 18.2 Å². The van der Waals surface area contributed by atoms with Crippen molar-refractivity contribution in [1.29, 1.82) is 0 Å². The van der Waals surface area contributed by atoms with E-state index in [-0.39, 0.29) is 17.8 Å². The van der Waals surface area contributed by atoms with Crippen molar-refractivity contribution in [2.24, 2.45) is 5.92 Å². The zero-order valence-electron chi connectivity index (χ0n) is 14.6. The van der Waals surface area contributed by atoms with Gasteiger partial charge in [-0.15, -0.1) is 0 Å². The zero-order valence-corrected chi connectivity index (χ0v) is 15.4. The molecule has 3 rings (SSSR count). The molecule has 0 saturated carbocycles. The van der Waals surface area contributed by atoms with Gasteiger partial charge in [-0.2, -0.15) is 0 Å². The zero-order chi connectivity index (χ0) is 17.8. The molecule has 1 unspecified atom stereocenters. The summed E-state index contributed by atoms with van der Waals surface area (Å²) < 4.78 is 6.18. The Kier molecular flexibility index (Phi) is 5.65. The molecule has 1 aliphatic heterocycles. The molecule has 1 aromatic carbocycles. The van der Waals surface area contributed by atoms with E-state index in [0.29, 0.717) is 24.8 Å². The number of amides is 1. The Morgan fingerprint density at radius 3 is 3.08 bits per heavy atom. The smallest absolute Gasteiger partial charge is 0.314 e. The molecule has 1 fully saturated rings. The second kappa shape index (κ2) is 7.93. The molecule has 1 amide bonds. The van der Waals surface area contributed by atoms with Crippen LogP contribution in [0.4, 0.5) is 5.13 Å². The van der Waals surface area contributed by atoms with E-state index in [1.807, 2.05) is 26.0 Å². The number of hydrogen-bond donors (Lipinski definition) is 2. The second-order valence-electron chi connectivity index (χ2n) is 6.51. The van der Waals surface area contributed by atoms with Crippen LogP contribution in [0.5, 0.6) is 0 Å². The summed E-state index contributed by atoms with van der Waals surface area (Å²) in [5, 5.41) is 3.53. The second-order valence-corrected chi connectivity index (χ2v) is 7.54. The standard InChI is InChI=1S/C18H23N3O3S/c1-3-24-17(23)13-5-4-8-21(10-13)11-16(22)20-18-19-14-7-6-12(2)9-15(14)25-18/h6-7,9,13H,3-5,8,10-11H2,1-2H3,(H,19,20,22)/p+1/t13-/m0/s1. The van der Waals surface area contributed by atoms with Crippen LogP contribution in [0.25, 0.3) is 10.2 Å². The lowest BCUT2D eigenvalue weighted by molar-refractivity contribution is -0.899. The van der Waals surface area contributed by atoms with Crippen molar-refractivity contribution in [2.45, 2.75) is 26.7 Å². The van der Waals surface area contributed by atoms with Gasteiger partial charge in [0.2, 0.25) is 0 Å². The number of nitrogens with zero attached hydrogens (tertiary/aromatic N) is 1. The normalized spacial score (nSPS) is 20.4. The van der Waals surface area contributed by atoms with Crippen LogP contribution in [-0.4, -0.2) is 43.1 Å². The highest BCUT2D eigenvalue weighted by Gasteiger charge is 2.30. The summed E-state index contributed by atoms with van der Waals surface area (Å²) in [6.45, 7) is 6.18. The molecule has 2 N–H and O–H groups in total. The lowest BCUT2D eigenvalue weighted by Crippen LogP contribution is -3.14. The molecule has 1 aliphatic rings. The molecular formula is C18H24N3O3S+. The summed E-state index contributed by atoms with van der Waals surface area (Å²) in [4.78, 5) is 29.8. The van der Waals surface area contributed by atoms with E-state index in [9.17, 15) is 9.59 Å². The molecule has 6 nitrogen and oxygen atoms in total. The van der Waals surface area contributed by atoms with Gasteiger partial charge in [0.25, 0.3) is 5.91 Å². The Morgan fingerprint density at radius 1 is 1.44 bits per heavy atom. The molecule has 2 heterocycles. The Labute approximate surface area is 151 Å². The Morgan fingerprint density at radius 2 is 2.28 bits per heavy atom. The average molecular weight is 362 g/mol. The number of nitrogens with one attached hydrogen (secondary N) is 2. The van der Waals surface area contributed by atoms with Gasteiger partial charge in [-0.3, -0.25) is 14.9 Å². The quantitative estimate of drug-likeness (QED) is 0.789. The number of thiazole rings is 1. The number of benzene rings is 1. The number of aromatic nitrogens is 1. The highest BCUT2D eigenvalue weighted by Crippen LogP contribution is 2.26. The number of rotatable bonds is 5. The number of fused-ring (bicyclic) bond motifs is 1. The van der Waals surface area contributed by atoms with Gasteiger partial charge in [-0.1, -0.05) is 17.4 Å². The van der Waals surface area contributed by atoms with Crippen LogP contribution in [0.1, 0.15) is 25.3 Å². The minimum atomic E-state index is -0.137. The van der Waals surface area contributed by atoms with Gasteiger partial charge in [0.05, 0.1) is 29.9 Å². The summed E-state index contributed by atoms with van der Waals surface area (Å²) in [7, 11) is 0. The van der Waals surface area contributed by atoms with Gasteiger partial charge in [-0.25, -0.2) is 4.98 Å². The fraction of sp³-hybridized carbons (Fsp3) is 0.500. The predicted molar refractivity (Wildman–Crippen MR) is 97.9 cm³/mol. The van der Waals surface area contributed by atoms with Crippen molar-refractivity contribution >= 4 is 38.6 Å². The van der Waals surface area contributed by atoms with Gasteiger partial charge in [0.15, 0.2) is 11.7 Å². The monoisotopic (exact) mass is 362 g/mol. The maximum atomic E-state index is 12.3. The molecule has 2 atom stereocenters. The number of carbonyl (C=O) groups is 2. The Balaban J connectivity index is 1.57. The molecule has 0 spiro atoms. The van der Waals surface area contributed by atoms with Crippen molar-refractivity contribution in [1.82, 2.24) is 4.98 Å². The third-order valence-corrected chi connectivity index (χ3v) is 5.37. The van der Waals surface area contributed by atoms with Crippen LogP contribution >= 0.6 is 11.3 Å². The Hall–Kier alpha value is -1.99. The lowest BCUT2D eigenvalue weighted by Gasteiger charge is -2.28. The number of esters is 1. The van der Waals surface area contributed by atoms with E-state index in [1.54, 1.807) is 0 Å². The first kappa shape index (κ1) is 17.8. The highest BCUT2D eigenvalue weighted by molar-refractivity contribution is 7.22. The fourth-order valence-electron chi connectivity index (χ4n) is 3.25. The molecule has 134 valence electrons. The van der Waals surface area contributed by atoms with Crippen molar-refractivity contribution in [3.05, 3.63) is 23.8 Å². The van der Waals surface area contributed by atoms with Crippen molar-refractivity contribution < 1.29 is 19.2 Å². The minimum Gasteiger partial charge on any atom is -0.466 e. The summed E-state index contributed by atoms with van der Waals surface area (Å²) >= 11 is 1.49. The van der Waals surface area contributed by atoms with Gasteiger partial charge < -0.3 is 9.64 Å². The van der Waals surface area contributed by atoms with Crippen LogP contribution in [0.3, 0.4) is 0 Å². The van der Waals surface area contributed by atoms with Crippen LogP contribution < -0.4 is 10.2 Å². The van der Waals surface area contributed by atoms with E-state index in [4.69, 9.17) is 4.74 Å². The maximum Gasteiger partial charge on any atom is 0.314 e. The van der Waals surface area contributed by atoms with Gasteiger partial charge >= 0.3 is 5.97 Å². The lowest BCUT2D eigenvalue weighted by atomic mass is 9.98. The molecular weight excluding hydrogens is 338 g/mol. The van der Waals surface area contributed by atoms with E-state index in [0.717, 1.165) is 34.5 Å². The number of likely N-dealkylation sites (tertiary alicyclic amines) is 1. The number of carbonyl (C=O) groups excluding carboxylic acids is 2. The molecule has 0 bridgehead atoms.